The van der Waals surface area contributed by atoms with Gasteiger partial charge in [0.2, 0.25) is 0 Å². The average molecular weight is 308 g/mol. The van der Waals surface area contributed by atoms with Gasteiger partial charge < -0.3 is 10.2 Å². The van der Waals surface area contributed by atoms with E-state index in [1.54, 1.807) is 0 Å². The Morgan fingerprint density at radius 1 is 0.905 bits per heavy atom. The van der Waals surface area contributed by atoms with Gasteiger partial charge in [-0.15, -0.1) is 0 Å². The summed E-state index contributed by atoms with van der Waals surface area (Å²) in [6, 6.07) is 7.05. The second kappa shape index (κ2) is 5.67. The van der Waals surface area contributed by atoms with Crippen LogP contribution in [0.3, 0.4) is 0 Å². The zero-order valence-electron chi connectivity index (χ0n) is 10.3. The first kappa shape index (κ1) is 14.6. The number of aromatic hydroxyl groups is 2. The molecule has 0 aliphatic rings. The van der Waals surface area contributed by atoms with Gasteiger partial charge in [0, 0.05) is 12.1 Å². The summed E-state index contributed by atoms with van der Waals surface area (Å²) in [7, 11) is 0. The Kier molecular flexibility index (Phi) is 3.94. The van der Waals surface area contributed by atoms with Gasteiger partial charge in [0.05, 0.1) is 25.7 Å². The molecule has 0 bridgehead atoms. The largest absolute Gasteiger partial charge is 0.508 e. The number of benzene rings is 2. The molecular formula is C12H8N2O6S. The number of non-ortho nitro benzene ring substituents is 1. The van der Waals surface area contributed by atoms with Crippen LogP contribution in [0.4, 0.5) is 11.4 Å². The molecule has 0 aliphatic carbocycles. The molecule has 0 saturated heterocycles. The highest BCUT2D eigenvalue weighted by Gasteiger charge is 2.21. The quantitative estimate of drug-likeness (QED) is 0.656. The Hall–Kier alpha value is -2.81. The predicted octanol–water partition coefficient (Wildman–Crippen LogP) is 3.07. The van der Waals surface area contributed by atoms with Gasteiger partial charge in [-0.3, -0.25) is 20.2 Å². The highest BCUT2D eigenvalue weighted by Crippen LogP contribution is 2.41. The van der Waals surface area contributed by atoms with Crippen molar-refractivity contribution in [3.05, 3.63) is 56.6 Å². The van der Waals surface area contributed by atoms with Gasteiger partial charge in [0.25, 0.3) is 11.4 Å². The molecular weight excluding hydrogens is 300 g/mol. The molecule has 0 spiro atoms. The summed E-state index contributed by atoms with van der Waals surface area (Å²) in [6.07, 6.45) is 0. The van der Waals surface area contributed by atoms with Gasteiger partial charge in [0.15, 0.2) is 0 Å². The van der Waals surface area contributed by atoms with Crippen LogP contribution in [0.15, 0.2) is 46.2 Å². The van der Waals surface area contributed by atoms with Crippen LogP contribution in [0.2, 0.25) is 0 Å². The molecule has 8 nitrogen and oxygen atoms in total. The fraction of sp³-hybridized carbons (Fsp3) is 0. The van der Waals surface area contributed by atoms with E-state index in [1.165, 1.54) is 18.2 Å². The maximum absolute atomic E-state index is 11.0. The summed E-state index contributed by atoms with van der Waals surface area (Å²) in [4.78, 5) is 20.6. The minimum Gasteiger partial charge on any atom is -0.508 e. The van der Waals surface area contributed by atoms with Crippen LogP contribution in [0.25, 0.3) is 0 Å². The molecule has 0 unspecified atom stereocenters. The van der Waals surface area contributed by atoms with Gasteiger partial charge >= 0.3 is 0 Å². The van der Waals surface area contributed by atoms with Gasteiger partial charge in [-0.2, -0.15) is 0 Å². The van der Waals surface area contributed by atoms with Gasteiger partial charge in [0.1, 0.15) is 11.5 Å². The average Bonchev–Trinajstić information content (AvgIpc) is 2.41. The van der Waals surface area contributed by atoms with Crippen LogP contribution >= 0.6 is 11.8 Å². The Balaban J connectivity index is 2.44. The molecule has 2 aromatic rings. The highest BCUT2D eigenvalue weighted by molar-refractivity contribution is 7.99. The first-order valence-electron chi connectivity index (χ1n) is 5.51. The van der Waals surface area contributed by atoms with E-state index in [4.69, 9.17) is 0 Å². The molecule has 0 aromatic heterocycles. The summed E-state index contributed by atoms with van der Waals surface area (Å²) in [6.45, 7) is 0. The van der Waals surface area contributed by atoms with Crippen LogP contribution < -0.4 is 0 Å². The first-order chi connectivity index (χ1) is 9.88. The lowest BCUT2D eigenvalue weighted by molar-refractivity contribution is -0.396. The molecule has 0 saturated carbocycles. The standard InChI is InChI=1S/C12H8N2O6S/c15-8-2-4-12(10(16)6-8)21-11-3-1-7(13(17)18)5-9(11)14(19)20/h1-6,15-16H. The molecule has 0 heterocycles. The number of phenolic OH excluding ortho intramolecular Hbond substituents is 2. The van der Waals surface area contributed by atoms with Crippen molar-refractivity contribution in [3.63, 3.8) is 0 Å². The van der Waals surface area contributed by atoms with Crippen LogP contribution in [0.5, 0.6) is 11.5 Å². The fourth-order valence-electron chi connectivity index (χ4n) is 1.56. The summed E-state index contributed by atoms with van der Waals surface area (Å²) >= 11 is 0.873. The number of rotatable bonds is 4. The highest BCUT2D eigenvalue weighted by atomic mass is 32.2. The van der Waals surface area contributed by atoms with Crippen LogP contribution in [-0.2, 0) is 0 Å². The van der Waals surface area contributed by atoms with Crippen molar-refractivity contribution in [2.75, 3.05) is 0 Å². The maximum Gasteiger partial charge on any atom is 0.290 e. The van der Waals surface area contributed by atoms with Crippen molar-refractivity contribution in [1.29, 1.82) is 0 Å². The van der Waals surface area contributed by atoms with Gasteiger partial charge in [-0.25, -0.2) is 0 Å². The lowest BCUT2D eigenvalue weighted by Gasteiger charge is -2.05. The number of nitrogens with zero attached hydrogens (tertiary/aromatic N) is 2. The summed E-state index contributed by atoms with van der Waals surface area (Å²) < 4.78 is 0. The smallest absolute Gasteiger partial charge is 0.290 e. The Morgan fingerprint density at radius 3 is 2.14 bits per heavy atom. The summed E-state index contributed by atoms with van der Waals surface area (Å²) in [5.41, 5.74) is -0.817. The van der Waals surface area contributed by atoms with E-state index in [0.717, 1.165) is 30.0 Å². The SMILES string of the molecule is O=[N+]([O-])c1ccc(Sc2ccc(O)cc2O)c([N+](=O)[O-])c1. The van der Waals surface area contributed by atoms with E-state index in [9.17, 15) is 30.4 Å². The minimum absolute atomic E-state index is 0.143. The third kappa shape index (κ3) is 3.20. The lowest BCUT2D eigenvalue weighted by atomic mass is 10.3. The van der Waals surface area contributed by atoms with E-state index in [2.05, 4.69) is 0 Å². The Labute approximate surface area is 122 Å². The molecule has 0 radical (unpaired) electrons. The van der Waals surface area contributed by atoms with Crippen molar-refractivity contribution < 1.29 is 20.1 Å². The second-order valence-electron chi connectivity index (χ2n) is 3.92. The molecule has 0 aliphatic heterocycles. The van der Waals surface area contributed by atoms with E-state index in [1.807, 2.05) is 0 Å². The molecule has 0 atom stereocenters. The molecule has 0 fully saturated rings. The molecule has 2 rings (SSSR count). The van der Waals surface area contributed by atoms with E-state index >= 15 is 0 Å². The van der Waals surface area contributed by atoms with Crippen LogP contribution in [0, 0.1) is 20.2 Å². The van der Waals surface area contributed by atoms with Crippen molar-refractivity contribution in [1.82, 2.24) is 0 Å². The summed E-state index contributed by atoms with van der Waals surface area (Å²) in [5.74, 6) is -0.386. The molecule has 9 heteroatoms. The normalized spacial score (nSPS) is 10.3. The second-order valence-corrected chi connectivity index (χ2v) is 5.00. The van der Waals surface area contributed by atoms with Crippen molar-refractivity contribution in [3.8, 4) is 11.5 Å². The van der Waals surface area contributed by atoms with Gasteiger partial charge in [-0.1, -0.05) is 11.8 Å². The molecule has 21 heavy (non-hydrogen) atoms. The molecule has 0 amide bonds. The zero-order valence-corrected chi connectivity index (χ0v) is 11.1. The van der Waals surface area contributed by atoms with Gasteiger partial charge in [-0.05, 0) is 18.2 Å². The van der Waals surface area contributed by atoms with Crippen LogP contribution in [0.1, 0.15) is 0 Å². The monoisotopic (exact) mass is 308 g/mol. The lowest BCUT2D eigenvalue weighted by Crippen LogP contribution is -1.94. The first-order valence-corrected chi connectivity index (χ1v) is 6.33. The fourth-order valence-corrected chi connectivity index (χ4v) is 2.47. The van der Waals surface area contributed by atoms with E-state index < -0.39 is 15.5 Å². The predicted molar refractivity (Wildman–Crippen MR) is 73.6 cm³/mol. The number of phenols is 2. The Bertz CT molecular complexity index is 734. The number of nitro benzene ring substituents is 2. The summed E-state index contributed by atoms with van der Waals surface area (Å²) in [5, 5.41) is 40.5. The third-order valence-electron chi connectivity index (χ3n) is 2.51. The molecule has 108 valence electrons. The third-order valence-corrected chi connectivity index (χ3v) is 3.64. The topological polar surface area (TPSA) is 127 Å². The zero-order chi connectivity index (χ0) is 15.6. The Morgan fingerprint density at radius 2 is 1.57 bits per heavy atom. The van der Waals surface area contributed by atoms with Crippen LogP contribution in [-0.4, -0.2) is 20.1 Å². The molecule has 2 N–H and O–H groups in total. The minimum atomic E-state index is -0.729. The molecule has 2 aromatic carbocycles. The van der Waals surface area contributed by atoms with Crippen molar-refractivity contribution in [2.24, 2.45) is 0 Å². The van der Waals surface area contributed by atoms with E-state index in [-0.39, 0.29) is 27.0 Å². The van der Waals surface area contributed by atoms with Crippen molar-refractivity contribution in [2.45, 2.75) is 9.79 Å². The number of hydrogen-bond donors (Lipinski definition) is 2. The number of hydrogen-bond acceptors (Lipinski definition) is 7. The number of nitro groups is 2. The van der Waals surface area contributed by atoms with Crippen molar-refractivity contribution >= 4 is 23.1 Å². The van der Waals surface area contributed by atoms with E-state index in [0.29, 0.717) is 0 Å². The maximum atomic E-state index is 11.0.